The molecule has 0 saturated carbocycles. The number of benzene rings is 3. The van der Waals surface area contributed by atoms with Crippen molar-refractivity contribution < 1.29 is 32.6 Å². The molecule has 0 aromatic heterocycles. The van der Waals surface area contributed by atoms with Crippen molar-refractivity contribution in [3.05, 3.63) is 101 Å². The number of ketones is 1. The van der Waals surface area contributed by atoms with Crippen LogP contribution in [-0.4, -0.2) is 23.4 Å². The van der Waals surface area contributed by atoms with Gasteiger partial charge in [-0.1, -0.05) is 43.7 Å². The third-order valence-electron chi connectivity index (χ3n) is 5.99. The van der Waals surface area contributed by atoms with Crippen LogP contribution in [0.15, 0.2) is 78.4 Å². The molecule has 1 aliphatic heterocycles. The van der Waals surface area contributed by atoms with E-state index in [-0.39, 0.29) is 17.0 Å². The fourth-order valence-corrected chi connectivity index (χ4v) is 4.19. The van der Waals surface area contributed by atoms with Gasteiger partial charge in [0, 0.05) is 11.3 Å². The molecule has 0 radical (unpaired) electrons. The third kappa shape index (κ3) is 5.38. The highest BCUT2D eigenvalue weighted by Gasteiger charge is 2.47. The average Bonchev–Trinajstić information content (AvgIpc) is 3.12. The average molecular weight is 510 g/mol. The molecule has 4 rings (SSSR count). The largest absolute Gasteiger partial charge is 0.507 e. The van der Waals surface area contributed by atoms with E-state index < -0.39 is 29.5 Å². The molecule has 3 aromatic carbocycles. The highest BCUT2D eigenvalue weighted by Crippen LogP contribution is 2.43. The van der Waals surface area contributed by atoms with E-state index in [1.54, 1.807) is 42.5 Å². The molecule has 0 aliphatic carbocycles. The van der Waals surface area contributed by atoms with Crippen LogP contribution in [0, 0.1) is 12.8 Å². The van der Waals surface area contributed by atoms with E-state index in [0.29, 0.717) is 29.4 Å². The van der Waals surface area contributed by atoms with Gasteiger partial charge in [-0.15, -0.1) is 0 Å². The van der Waals surface area contributed by atoms with Crippen LogP contribution in [0.4, 0.5) is 18.9 Å². The summed E-state index contributed by atoms with van der Waals surface area (Å²) in [5.74, 6) is -1.34. The van der Waals surface area contributed by atoms with Gasteiger partial charge < -0.3 is 9.84 Å². The highest BCUT2D eigenvalue weighted by atomic mass is 19.4. The maximum Gasteiger partial charge on any atom is 0.416 e. The Bertz CT molecular complexity index is 1340. The monoisotopic (exact) mass is 509 g/mol. The Morgan fingerprint density at radius 3 is 2.22 bits per heavy atom. The van der Waals surface area contributed by atoms with Gasteiger partial charge in [-0.2, -0.15) is 13.2 Å². The van der Waals surface area contributed by atoms with Crippen LogP contribution < -0.4 is 9.64 Å². The van der Waals surface area contributed by atoms with Gasteiger partial charge in [0.05, 0.1) is 23.8 Å². The Hall–Kier alpha value is -4.07. The lowest BCUT2D eigenvalue weighted by Gasteiger charge is -2.26. The van der Waals surface area contributed by atoms with Crippen molar-refractivity contribution in [2.75, 3.05) is 11.5 Å². The van der Waals surface area contributed by atoms with E-state index >= 15 is 0 Å². The fourth-order valence-electron chi connectivity index (χ4n) is 4.19. The normalized spacial score (nSPS) is 17.5. The maximum atomic E-state index is 13.2. The third-order valence-corrected chi connectivity index (χ3v) is 5.99. The van der Waals surface area contributed by atoms with Gasteiger partial charge >= 0.3 is 6.18 Å². The molecular formula is C29H26F3NO4. The number of alkyl halides is 3. The standard InChI is InChI=1S/C29H26F3NO4/c1-17(2)16-37-23-13-7-19(8-14-23)26(34)24-25(20-6-4-5-18(3)15-20)33(28(36)27(24)35)22-11-9-21(10-12-22)29(30,31)32/h4-15,17,25,34H,16H2,1-3H3/b26-24+. The zero-order valence-electron chi connectivity index (χ0n) is 20.5. The molecule has 0 spiro atoms. The Morgan fingerprint density at radius 1 is 1.00 bits per heavy atom. The van der Waals surface area contributed by atoms with Crippen LogP contribution >= 0.6 is 0 Å². The van der Waals surface area contributed by atoms with Gasteiger partial charge in [-0.25, -0.2) is 0 Å². The molecular weight excluding hydrogens is 483 g/mol. The summed E-state index contributed by atoms with van der Waals surface area (Å²) in [5, 5.41) is 11.2. The number of halogens is 3. The molecule has 1 unspecified atom stereocenters. The molecule has 3 aromatic rings. The first-order chi connectivity index (χ1) is 17.5. The van der Waals surface area contributed by atoms with Crippen LogP contribution in [0.5, 0.6) is 5.75 Å². The number of nitrogens with zero attached hydrogens (tertiary/aromatic N) is 1. The number of aryl methyl sites for hydroxylation is 1. The lowest BCUT2D eigenvalue weighted by atomic mass is 9.94. The number of carbonyl (C=O) groups excluding carboxylic acids is 2. The SMILES string of the molecule is Cc1cccc(C2/C(=C(\O)c3ccc(OCC(C)C)cc3)C(=O)C(=O)N2c2ccc(C(F)(F)F)cc2)c1. The quantitative estimate of drug-likeness (QED) is 0.229. The number of aliphatic hydroxyl groups excluding tert-OH is 1. The van der Waals surface area contributed by atoms with Gasteiger partial charge in [-0.3, -0.25) is 14.5 Å². The predicted molar refractivity (Wildman–Crippen MR) is 134 cm³/mol. The molecule has 1 atom stereocenters. The Kier molecular flexibility index (Phi) is 7.12. The first-order valence-electron chi connectivity index (χ1n) is 11.8. The number of aliphatic hydroxyl groups is 1. The first kappa shape index (κ1) is 26.0. The van der Waals surface area contributed by atoms with Crippen LogP contribution in [0.25, 0.3) is 5.76 Å². The second-order valence-electron chi connectivity index (χ2n) is 9.36. The molecule has 1 fully saturated rings. The zero-order valence-corrected chi connectivity index (χ0v) is 20.5. The van der Waals surface area contributed by atoms with Crippen molar-refractivity contribution >= 4 is 23.1 Å². The lowest BCUT2D eigenvalue weighted by Crippen LogP contribution is -2.29. The molecule has 8 heteroatoms. The number of ether oxygens (including phenoxy) is 1. The summed E-state index contributed by atoms with van der Waals surface area (Å²) in [5.41, 5.74) is 0.781. The highest BCUT2D eigenvalue weighted by molar-refractivity contribution is 6.51. The van der Waals surface area contributed by atoms with Gasteiger partial charge in [0.2, 0.25) is 0 Å². The number of anilines is 1. The van der Waals surface area contributed by atoms with Crippen LogP contribution in [-0.2, 0) is 15.8 Å². The lowest BCUT2D eigenvalue weighted by molar-refractivity contribution is -0.137. The summed E-state index contributed by atoms with van der Waals surface area (Å²) in [4.78, 5) is 27.6. The second-order valence-corrected chi connectivity index (χ2v) is 9.36. The van der Waals surface area contributed by atoms with Crippen LogP contribution in [0.1, 0.15) is 42.1 Å². The second kappa shape index (κ2) is 10.1. The van der Waals surface area contributed by atoms with E-state index in [9.17, 15) is 27.9 Å². The van der Waals surface area contributed by atoms with Gasteiger partial charge in [0.1, 0.15) is 11.5 Å². The summed E-state index contributed by atoms with van der Waals surface area (Å²) in [7, 11) is 0. The van der Waals surface area contributed by atoms with E-state index in [2.05, 4.69) is 0 Å². The van der Waals surface area contributed by atoms with E-state index in [4.69, 9.17) is 4.74 Å². The number of rotatable bonds is 6. The van der Waals surface area contributed by atoms with E-state index in [1.807, 2.05) is 26.8 Å². The summed E-state index contributed by atoms with van der Waals surface area (Å²) in [6, 6.07) is 16.5. The molecule has 192 valence electrons. The van der Waals surface area contributed by atoms with Gasteiger partial charge in [0.25, 0.3) is 11.7 Å². The molecule has 37 heavy (non-hydrogen) atoms. The summed E-state index contributed by atoms with van der Waals surface area (Å²) in [6.45, 7) is 6.38. The Morgan fingerprint density at radius 2 is 1.65 bits per heavy atom. The van der Waals surface area contributed by atoms with Crippen molar-refractivity contribution in [3.8, 4) is 5.75 Å². The zero-order chi connectivity index (χ0) is 26.9. The van der Waals surface area contributed by atoms with Crippen LogP contribution in [0.3, 0.4) is 0 Å². The molecule has 1 aliphatic rings. The Balaban J connectivity index is 1.81. The topological polar surface area (TPSA) is 66.8 Å². The van der Waals surface area contributed by atoms with Gasteiger partial charge in [-0.05, 0) is 66.9 Å². The minimum absolute atomic E-state index is 0.109. The van der Waals surface area contributed by atoms with Crippen LogP contribution in [0.2, 0.25) is 0 Å². The summed E-state index contributed by atoms with van der Waals surface area (Å²) >= 11 is 0. The number of hydrogen-bond donors (Lipinski definition) is 1. The van der Waals surface area contributed by atoms with Crippen molar-refractivity contribution in [1.29, 1.82) is 0 Å². The number of carbonyl (C=O) groups is 2. The van der Waals surface area contributed by atoms with Gasteiger partial charge in [0.15, 0.2) is 0 Å². The number of Topliss-reactive ketones (excluding diaryl/α,β-unsaturated/α-hetero) is 1. The van der Waals surface area contributed by atoms with E-state index in [1.165, 1.54) is 0 Å². The van der Waals surface area contributed by atoms with Crippen molar-refractivity contribution in [2.45, 2.75) is 33.0 Å². The molecule has 5 nitrogen and oxygen atoms in total. The Labute approximate surface area is 212 Å². The fraction of sp³-hybridized carbons (Fsp3) is 0.241. The van der Waals surface area contributed by atoms with Crippen molar-refractivity contribution in [3.63, 3.8) is 0 Å². The van der Waals surface area contributed by atoms with E-state index in [0.717, 1.165) is 34.7 Å². The molecule has 0 bridgehead atoms. The number of hydrogen-bond acceptors (Lipinski definition) is 4. The molecule has 1 saturated heterocycles. The summed E-state index contributed by atoms with van der Waals surface area (Å²) in [6.07, 6.45) is -4.55. The maximum absolute atomic E-state index is 13.2. The molecule has 1 amide bonds. The van der Waals surface area contributed by atoms with Crippen molar-refractivity contribution in [2.24, 2.45) is 5.92 Å². The molecule has 1 N–H and O–H groups in total. The minimum Gasteiger partial charge on any atom is -0.507 e. The first-order valence-corrected chi connectivity index (χ1v) is 11.8. The smallest absolute Gasteiger partial charge is 0.416 e. The minimum atomic E-state index is -4.55. The predicted octanol–water partition coefficient (Wildman–Crippen LogP) is 6.67. The summed E-state index contributed by atoms with van der Waals surface area (Å²) < 4.78 is 45.0. The molecule has 1 heterocycles. The number of amides is 1. The van der Waals surface area contributed by atoms with Crippen molar-refractivity contribution in [1.82, 2.24) is 0 Å².